The molecular weight excluding hydrogens is 348 g/mol. The fraction of sp³-hybridized carbons (Fsp3) is 0.438. The van der Waals surface area contributed by atoms with Gasteiger partial charge < -0.3 is 25.6 Å². The average molecular weight is 369 g/mol. The number of ether oxygens (including phenoxy) is 1. The normalized spacial score (nSPS) is 16.4. The molecule has 2 rings (SSSR count). The average Bonchev–Trinajstić information content (AvgIpc) is 2.98. The highest BCUT2D eigenvalue weighted by atomic mass is 35.5. The summed E-state index contributed by atoms with van der Waals surface area (Å²) in [6, 6.07) is 4.45. The van der Waals surface area contributed by atoms with E-state index in [0.29, 0.717) is 35.9 Å². The third-order valence-corrected chi connectivity index (χ3v) is 3.98. The second-order valence-corrected chi connectivity index (χ2v) is 6.15. The molecule has 1 aromatic rings. The van der Waals surface area contributed by atoms with Crippen LogP contribution >= 0.6 is 11.6 Å². The van der Waals surface area contributed by atoms with E-state index in [1.54, 1.807) is 23.1 Å². The molecule has 1 aliphatic heterocycles. The number of rotatable bonds is 5. The summed E-state index contributed by atoms with van der Waals surface area (Å²) >= 11 is 6.11. The van der Waals surface area contributed by atoms with Gasteiger partial charge in [0.05, 0.1) is 10.7 Å². The minimum atomic E-state index is -0.310. The van der Waals surface area contributed by atoms with Crippen molar-refractivity contribution < 1.29 is 19.1 Å². The molecule has 9 heteroatoms. The molecule has 1 aliphatic rings. The summed E-state index contributed by atoms with van der Waals surface area (Å²) in [5.41, 5.74) is 0.893. The number of nitrogens with zero attached hydrogens (tertiary/aromatic N) is 1. The van der Waals surface area contributed by atoms with Gasteiger partial charge >= 0.3 is 6.03 Å². The van der Waals surface area contributed by atoms with Crippen LogP contribution in [-0.2, 0) is 14.3 Å². The largest absolute Gasteiger partial charge is 0.375 e. The zero-order chi connectivity index (χ0) is 18.4. The van der Waals surface area contributed by atoms with Crippen molar-refractivity contribution in [3.8, 4) is 0 Å². The number of carbonyl (C=O) groups is 3. The molecule has 1 heterocycles. The summed E-state index contributed by atoms with van der Waals surface area (Å²) in [5.74, 6) is -0.422. The molecule has 0 saturated carbocycles. The van der Waals surface area contributed by atoms with Crippen molar-refractivity contribution in [2.75, 3.05) is 37.4 Å². The molecule has 3 N–H and O–H groups in total. The minimum absolute atomic E-state index is 0.0432. The first-order valence-corrected chi connectivity index (χ1v) is 8.18. The zero-order valence-electron chi connectivity index (χ0n) is 14.1. The zero-order valence-corrected chi connectivity index (χ0v) is 14.9. The Morgan fingerprint density at radius 2 is 2.08 bits per heavy atom. The molecule has 0 aliphatic carbocycles. The summed E-state index contributed by atoms with van der Waals surface area (Å²) in [7, 11) is 1.43. The smallest absolute Gasteiger partial charge is 0.321 e. The fourth-order valence-corrected chi connectivity index (χ4v) is 2.74. The van der Waals surface area contributed by atoms with Crippen LogP contribution < -0.4 is 16.0 Å². The second-order valence-electron chi connectivity index (χ2n) is 5.74. The van der Waals surface area contributed by atoms with Crippen LogP contribution in [0.25, 0.3) is 0 Å². The highest BCUT2D eigenvalue weighted by Gasteiger charge is 2.27. The van der Waals surface area contributed by atoms with Crippen LogP contribution in [0.4, 0.5) is 16.2 Å². The van der Waals surface area contributed by atoms with Crippen molar-refractivity contribution >= 4 is 40.8 Å². The molecule has 25 heavy (non-hydrogen) atoms. The van der Waals surface area contributed by atoms with E-state index >= 15 is 0 Å². The van der Waals surface area contributed by atoms with Gasteiger partial charge in [0.1, 0.15) is 6.61 Å². The van der Waals surface area contributed by atoms with Crippen LogP contribution in [0.3, 0.4) is 0 Å². The van der Waals surface area contributed by atoms with Gasteiger partial charge in [-0.2, -0.15) is 0 Å². The lowest BCUT2D eigenvalue weighted by Gasteiger charge is -2.18. The Labute approximate surface area is 150 Å². The fourth-order valence-electron chi connectivity index (χ4n) is 2.57. The molecule has 0 bridgehead atoms. The molecule has 0 radical (unpaired) electrons. The molecule has 4 amide bonds. The Kier molecular flexibility index (Phi) is 6.60. The first-order valence-electron chi connectivity index (χ1n) is 7.80. The lowest BCUT2D eigenvalue weighted by Crippen LogP contribution is -2.38. The summed E-state index contributed by atoms with van der Waals surface area (Å²) in [6.07, 6.45) is 0.702. The van der Waals surface area contributed by atoms with Crippen molar-refractivity contribution in [3.05, 3.63) is 23.2 Å². The van der Waals surface area contributed by atoms with Crippen molar-refractivity contribution in [2.24, 2.45) is 0 Å². The van der Waals surface area contributed by atoms with Gasteiger partial charge in [-0.05, 0) is 24.6 Å². The molecule has 1 atom stereocenters. The number of amides is 4. The maximum atomic E-state index is 12.4. The number of benzene rings is 1. The molecule has 0 unspecified atom stereocenters. The van der Waals surface area contributed by atoms with Crippen LogP contribution in [0.2, 0.25) is 5.02 Å². The van der Waals surface area contributed by atoms with E-state index in [1.165, 1.54) is 14.0 Å². The number of urea groups is 1. The highest BCUT2D eigenvalue weighted by molar-refractivity contribution is 6.33. The molecule has 0 aromatic heterocycles. The Morgan fingerprint density at radius 3 is 2.76 bits per heavy atom. The number of halogens is 1. The van der Waals surface area contributed by atoms with Crippen LogP contribution in [0.5, 0.6) is 0 Å². The molecule has 1 aromatic carbocycles. The predicted molar refractivity (Wildman–Crippen MR) is 94.8 cm³/mol. The SMILES string of the molecule is COCC(=O)Nc1ccc(Cl)c(NC(=O)N2CC[C@@H](NC(C)=O)C2)c1. The van der Waals surface area contributed by atoms with E-state index in [0.717, 1.165) is 0 Å². The molecule has 136 valence electrons. The van der Waals surface area contributed by atoms with Crippen LogP contribution in [0, 0.1) is 0 Å². The Hall–Kier alpha value is -2.32. The monoisotopic (exact) mass is 368 g/mol. The van der Waals surface area contributed by atoms with Gasteiger partial charge in [0.15, 0.2) is 0 Å². The molecule has 1 fully saturated rings. The maximum absolute atomic E-state index is 12.4. The Morgan fingerprint density at radius 1 is 1.32 bits per heavy atom. The number of hydrogen-bond donors (Lipinski definition) is 3. The lowest BCUT2D eigenvalue weighted by molar-refractivity contribution is -0.120. The lowest BCUT2D eigenvalue weighted by atomic mass is 10.2. The quantitative estimate of drug-likeness (QED) is 0.736. The number of nitrogens with one attached hydrogen (secondary N) is 3. The van der Waals surface area contributed by atoms with Gasteiger partial charge in [-0.25, -0.2) is 4.79 Å². The van der Waals surface area contributed by atoms with Gasteiger partial charge in [-0.1, -0.05) is 11.6 Å². The van der Waals surface area contributed by atoms with E-state index in [9.17, 15) is 14.4 Å². The maximum Gasteiger partial charge on any atom is 0.321 e. The summed E-state index contributed by atoms with van der Waals surface area (Å²) in [4.78, 5) is 36.6. The first-order chi connectivity index (χ1) is 11.9. The van der Waals surface area contributed by atoms with E-state index in [4.69, 9.17) is 16.3 Å². The predicted octanol–water partition coefficient (Wildman–Crippen LogP) is 1.67. The molecule has 0 spiro atoms. The van der Waals surface area contributed by atoms with Gasteiger partial charge in [-0.15, -0.1) is 0 Å². The minimum Gasteiger partial charge on any atom is -0.375 e. The van der Waals surface area contributed by atoms with Crippen LogP contribution in [-0.4, -0.2) is 55.6 Å². The number of likely N-dealkylation sites (tertiary alicyclic amines) is 1. The van der Waals surface area contributed by atoms with Crippen molar-refractivity contribution in [1.82, 2.24) is 10.2 Å². The van der Waals surface area contributed by atoms with Gasteiger partial charge in [0.25, 0.3) is 0 Å². The van der Waals surface area contributed by atoms with E-state index < -0.39 is 0 Å². The van der Waals surface area contributed by atoms with Crippen LogP contribution in [0.1, 0.15) is 13.3 Å². The second kappa shape index (κ2) is 8.68. The van der Waals surface area contributed by atoms with Gasteiger partial charge in [-0.3, -0.25) is 9.59 Å². The third kappa shape index (κ3) is 5.61. The van der Waals surface area contributed by atoms with Crippen LogP contribution in [0.15, 0.2) is 18.2 Å². The number of carbonyl (C=O) groups excluding carboxylic acids is 3. The Balaban J connectivity index is 1.98. The Bertz CT molecular complexity index is 668. The van der Waals surface area contributed by atoms with E-state index in [1.807, 2.05) is 0 Å². The number of anilines is 2. The number of methoxy groups -OCH3 is 1. The summed E-state index contributed by atoms with van der Waals surface area (Å²) < 4.78 is 4.75. The topological polar surface area (TPSA) is 99.8 Å². The highest BCUT2D eigenvalue weighted by Crippen LogP contribution is 2.26. The standard InChI is InChI=1S/C16H21ClN4O4/c1-10(22)18-12-5-6-21(8-12)16(24)20-14-7-11(3-4-13(14)17)19-15(23)9-25-2/h3-4,7,12H,5-6,8-9H2,1-2H3,(H,18,22)(H,19,23)(H,20,24)/t12-/m1/s1. The van der Waals surface area contributed by atoms with E-state index in [2.05, 4.69) is 16.0 Å². The van der Waals surface area contributed by atoms with Crippen molar-refractivity contribution in [2.45, 2.75) is 19.4 Å². The van der Waals surface area contributed by atoms with E-state index in [-0.39, 0.29) is 30.5 Å². The molecule has 1 saturated heterocycles. The van der Waals surface area contributed by atoms with Crippen molar-refractivity contribution in [1.29, 1.82) is 0 Å². The summed E-state index contributed by atoms with van der Waals surface area (Å²) in [6.45, 7) is 2.36. The third-order valence-electron chi connectivity index (χ3n) is 3.65. The van der Waals surface area contributed by atoms with Gasteiger partial charge in [0.2, 0.25) is 11.8 Å². The molecule has 8 nitrogen and oxygen atoms in total. The van der Waals surface area contributed by atoms with Crippen molar-refractivity contribution in [3.63, 3.8) is 0 Å². The summed E-state index contributed by atoms with van der Waals surface area (Å²) in [5, 5.41) is 8.53. The molecular formula is C16H21ClN4O4. The number of hydrogen-bond acceptors (Lipinski definition) is 4. The first kappa shape index (κ1) is 19.0. The van der Waals surface area contributed by atoms with Gasteiger partial charge in [0, 0.05) is 38.9 Å².